The lowest BCUT2D eigenvalue weighted by Crippen LogP contribution is -2.19. The van der Waals surface area contributed by atoms with Crippen molar-refractivity contribution in [3.63, 3.8) is 0 Å². The largest absolute Gasteiger partial charge is 0.305 e. The van der Waals surface area contributed by atoms with Crippen LogP contribution in [0.1, 0.15) is 29.9 Å². The Balaban J connectivity index is 1.98. The van der Waals surface area contributed by atoms with Gasteiger partial charge in [0.05, 0.1) is 11.4 Å². The van der Waals surface area contributed by atoms with Crippen LogP contribution in [0.2, 0.25) is 0 Å². The first-order valence-corrected chi connectivity index (χ1v) is 6.04. The molecule has 96 valence electrons. The molecule has 1 atom stereocenters. The van der Waals surface area contributed by atoms with E-state index in [2.05, 4.69) is 23.4 Å². The molecule has 18 heavy (non-hydrogen) atoms. The predicted octanol–water partition coefficient (Wildman–Crippen LogP) is 2.72. The maximum Gasteiger partial charge on any atom is 0.123 e. The van der Waals surface area contributed by atoms with Crippen molar-refractivity contribution in [2.75, 3.05) is 0 Å². The number of benzene rings is 1. The molecule has 0 saturated heterocycles. The summed E-state index contributed by atoms with van der Waals surface area (Å²) in [5, 5.41) is 7.71. The van der Waals surface area contributed by atoms with Gasteiger partial charge >= 0.3 is 0 Å². The molecule has 0 radical (unpaired) electrons. The molecule has 1 aromatic heterocycles. The van der Waals surface area contributed by atoms with Gasteiger partial charge in [0.1, 0.15) is 5.82 Å². The van der Waals surface area contributed by atoms with E-state index in [4.69, 9.17) is 0 Å². The Morgan fingerprint density at radius 3 is 2.56 bits per heavy atom. The monoisotopic (exact) mass is 247 g/mol. The van der Waals surface area contributed by atoms with Crippen molar-refractivity contribution in [1.82, 2.24) is 15.1 Å². The van der Waals surface area contributed by atoms with Gasteiger partial charge in [0.25, 0.3) is 0 Å². The zero-order valence-electron chi connectivity index (χ0n) is 10.9. The molecule has 0 fully saturated rings. The average Bonchev–Trinajstić information content (AvgIpc) is 2.66. The number of rotatable bonds is 4. The highest BCUT2D eigenvalue weighted by Crippen LogP contribution is 2.13. The zero-order valence-corrected chi connectivity index (χ0v) is 10.9. The van der Waals surface area contributed by atoms with Gasteiger partial charge < -0.3 is 5.32 Å². The third-order valence-corrected chi connectivity index (χ3v) is 3.06. The normalized spacial score (nSPS) is 12.7. The van der Waals surface area contributed by atoms with Crippen molar-refractivity contribution in [1.29, 1.82) is 0 Å². The van der Waals surface area contributed by atoms with Crippen LogP contribution in [0.3, 0.4) is 0 Å². The van der Waals surface area contributed by atoms with E-state index in [-0.39, 0.29) is 11.9 Å². The van der Waals surface area contributed by atoms with E-state index in [1.165, 1.54) is 12.1 Å². The summed E-state index contributed by atoms with van der Waals surface area (Å²) < 4.78 is 14.7. The summed E-state index contributed by atoms with van der Waals surface area (Å²) in [6.45, 7) is 4.79. The van der Waals surface area contributed by atoms with Crippen LogP contribution in [0.5, 0.6) is 0 Å². The summed E-state index contributed by atoms with van der Waals surface area (Å²) in [4.78, 5) is 0. The van der Waals surface area contributed by atoms with Gasteiger partial charge in [0.15, 0.2) is 0 Å². The Bertz CT molecular complexity index is 516. The predicted molar refractivity (Wildman–Crippen MR) is 69.6 cm³/mol. The fraction of sp³-hybridized carbons (Fsp3) is 0.357. The van der Waals surface area contributed by atoms with Crippen LogP contribution in [0, 0.1) is 12.7 Å². The highest BCUT2D eigenvalue weighted by atomic mass is 19.1. The molecule has 2 aromatic rings. The van der Waals surface area contributed by atoms with Crippen LogP contribution < -0.4 is 5.32 Å². The van der Waals surface area contributed by atoms with Crippen molar-refractivity contribution < 1.29 is 4.39 Å². The molecular formula is C14H18FN3. The van der Waals surface area contributed by atoms with Gasteiger partial charge in [-0.25, -0.2) is 4.39 Å². The van der Waals surface area contributed by atoms with Crippen LogP contribution >= 0.6 is 0 Å². The lowest BCUT2D eigenvalue weighted by molar-refractivity contribution is 0.546. The summed E-state index contributed by atoms with van der Waals surface area (Å²) >= 11 is 0. The summed E-state index contributed by atoms with van der Waals surface area (Å²) in [6.07, 6.45) is 0. The van der Waals surface area contributed by atoms with Gasteiger partial charge in [0.2, 0.25) is 0 Å². The first-order chi connectivity index (χ1) is 8.56. The topological polar surface area (TPSA) is 29.9 Å². The summed E-state index contributed by atoms with van der Waals surface area (Å²) in [6, 6.07) is 8.83. The minimum Gasteiger partial charge on any atom is -0.305 e. The maximum atomic E-state index is 12.8. The molecule has 1 aromatic carbocycles. The molecule has 2 rings (SSSR count). The van der Waals surface area contributed by atoms with Gasteiger partial charge in [-0.1, -0.05) is 12.1 Å². The summed E-state index contributed by atoms with van der Waals surface area (Å²) in [5.74, 6) is -0.201. The number of halogens is 1. The standard InChI is InChI=1S/C14H18FN3/c1-10-8-14(18(3)17-10)9-16-11(2)12-4-6-13(15)7-5-12/h4-8,11,16H,9H2,1-3H3/t11-/m1/s1. The number of nitrogens with one attached hydrogen (secondary N) is 1. The molecule has 1 N–H and O–H groups in total. The quantitative estimate of drug-likeness (QED) is 0.900. The Kier molecular flexibility index (Phi) is 3.77. The Hall–Kier alpha value is -1.68. The van der Waals surface area contributed by atoms with Crippen LogP contribution in [0.15, 0.2) is 30.3 Å². The van der Waals surface area contributed by atoms with Crippen LogP contribution in [-0.2, 0) is 13.6 Å². The van der Waals surface area contributed by atoms with Crippen molar-refractivity contribution in [3.8, 4) is 0 Å². The molecule has 0 amide bonds. The van der Waals surface area contributed by atoms with E-state index in [1.807, 2.05) is 30.8 Å². The molecule has 0 unspecified atom stereocenters. The van der Waals surface area contributed by atoms with Crippen molar-refractivity contribution in [3.05, 3.63) is 53.1 Å². The third kappa shape index (κ3) is 2.96. The molecule has 0 saturated carbocycles. The van der Waals surface area contributed by atoms with Crippen LogP contribution in [0.4, 0.5) is 4.39 Å². The molecule has 3 nitrogen and oxygen atoms in total. The van der Waals surface area contributed by atoms with Gasteiger partial charge in [-0.05, 0) is 37.6 Å². The molecule has 0 aliphatic heterocycles. The smallest absolute Gasteiger partial charge is 0.123 e. The van der Waals surface area contributed by atoms with Gasteiger partial charge in [-0.2, -0.15) is 5.10 Å². The zero-order chi connectivity index (χ0) is 13.1. The Morgan fingerprint density at radius 2 is 2.00 bits per heavy atom. The molecular weight excluding hydrogens is 229 g/mol. The van der Waals surface area contributed by atoms with Crippen molar-refractivity contribution in [2.24, 2.45) is 7.05 Å². The molecule has 0 bridgehead atoms. The highest BCUT2D eigenvalue weighted by Gasteiger charge is 2.07. The fourth-order valence-electron chi connectivity index (χ4n) is 1.96. The first kappa shape index (κ1) is 12.8. The van der Waals surface area contributed by atoms with Gasteiger partial charge in [-0.15, -0.1) is 0 Å². The van der Waals surface area contributed by atoms with E-state index in [9.17, 15) is 4.39 Å². The number of nitrogens with zero attached hydrogens (tertiary/aromatic N) is 2. The van der Waals surface area contributed by atoms with Gasteiger partial charge in [0, 0.05) is 19.6 Å². The number of hydrogen-bond acceptors (Lipinski definition) is 2. The van der Waals surface area contributed by atoms with E-state index >= 15 is 0 Å². The maximum absolute atomic E-state index is 12.8. The second kappa shape index (κ2) is 5.31. The SMILES string of the molecule is Cc1cc(CN[C@H](C)c2ccc(F)cc2)n(C)n1. The lowest BCUT2D eigenvalue weighted by Gasteiger charge is -2.14. The second-order valence-corrected chi connectivity index (χ2v) is 4.55. The van der Waals surface area contributed by atoms with E-state index < -0.39 is 0 Å². The number of aryl methyl sites for hydroxylation is 2. The summed E-state index contributed by atoms with van der Waals surface area (Å²) in [7, 11) is 1.94. The van der Waals surface area contributed by atoms with Crippen molar-refractivity contribution in [2.45, 2.75) is 26.4 Å². The summed E-state index contributed by atoms with van der Waals surface area (Å²) in [5.41, 5.74) is 3.24. The molecule has 0 aliphatic rings. The first-order valence-electron chi connectivity index (χ1n) is 6.04. The highest BCUT2D eigenvalue weighted by molar-refractivity contribution is 5.19. The van der Waals surface area contributed by atoms with E-state index in [1.54, 1.807) is 0 Å². The van der Waals surface area contributed by atoms with E-state index in [0.717, 1.165) is 23.5 Å². The molecule has 1 heterocycles. The Labute approximate surface area is 107 Å². The Morgan fingerprint density at radius 1 is 1.33 bits per heavy atom. The third-order valence-electron chi connectivity index (χ3n) is 3.06. The van der Waals surface area contributed by atoms with E-state index in [0.29, 0.717) is 0 Å². The average molecular weight is 247 g/mol. The molecule has 0 aliphatic carbocycles. The minimum absolute atomic E-state index is 0.181. The minimum atomic E-state index is -0.201. The van der Waals surface area contributed by atoms with Crippen molar-refractivity contribution >= 4 is 0 Å². The second-order valence-electron chi connectivity index (χ2n) is 4.55. The van der Waals surface area contributed by atoms with Gasteiger partial charge in [-0.3, -0.25) is 4.68 Å². The molecule has 0 spiro atoms. The lowest BCUT2D eigenvalue weighted by atomic mass is 10.1. The number of hydrogen-bond donors (Lipinski definition) is 1. The van der Waals surface area contributed by atoms with Crippen LogP contribution in [0.25, 0.3) is 0 Å². The molecule has 4 heteroatoms. The van der Waals surface area contributed by atoms with Crippen LogP contribution in [-0.4, -0.2) is 9.78 Å². The fourth-order valence-corrected chi connectivity index (χ4v) is 1.96. The number of aromatic nitrogens is 2.